The topological polar surface area (TPSA) is 44.4 Å². The molecule has 0 saturated carbocycles. The molecule has 0 bridgehead atoms. The summed E-state index contributed by atoms with van der Waals surface area (Å²) in [5.74, 6) is 1.65. The zero-order valence-corrected chi connectivity index (χ0v) is 15.7. The van der Waals surface area contributed by atoms with Gasteiger partial charge < -0.3 is 10.6 Å². The predicted molar refractivity (Wildman–Crippen MR) is 101 cm³/mol. The maximum Gasteiger partial charge on any atom is 0.238 e. The Morgan fingerprint density at radius 2 is 2.18 bits per heavy atom. The van der Waals surface area contributed by atoms with Gasteiger partial charge in [0.1, 0.15) is 0 Å². The Kier molecular flexibility index (Phi) is 6.49. The Balaban J connectivity index is 0.00000176. The number of nitrogens with zero attached hydrogens (tertiary/aromatic N) is 1. The molecule has 2 atom stereocenters. The SMILES string of the molecule is Cc1cc(I)ccc1NC(=O)CN1CCC2CNCC2C1.Cl. The van der Waals surface area contributed by atoms with Gasteiger partial charge >= 0.3 is 0 Å². The largest absolute Gasteiger partial charge is 0.325 e. The van der Waals surface area contributed by atoms with Crippen LogP contribution in [0.4, 0.5) is 5.69 Å². The lowest BCUT2D eigenvalue weighted by molar-refractivity contribution is -0.117. The summed E-state index contributed by atoms with van der Waals surface area (Å²) in [5.41, 5.74) is 2.05. The van der Waals surface area contributed by atoms with Crippen LogP contribution in [-0.4, -0.2) is 43.5 Å². The van der Waals surface area contributed by atoms with E-state index in [1.807, 2.05) is 19.1 Å². The Bertz CT molecular complexity index is 540. The van der Waals surface area contributed by atoms with Gasteiger partial charge in [-0.05, 0) is 91.2 Å². The molecule has 0 aromatic heterocycles. The summed E-state index contributed by atoms with van der Waals surface area (Å²) < 4.78 is 1.19. The van der Waals surface area contributed by atoms with E-state index in [0.29, 0.717) is 6.54 Å². The maximum atomic E-state index is 12.2. The predicted octanol–water partition coefficient (Wildman–Crippen LogP) is 2.50. The van der Waals surface area contributed by atoms with Crippen molar-refractivity contribution in [3.05, 3.63) is 27.3 Å². The molecule has 2 N–H and O–H groups in total. The van der Waals surface area contributed by atoms with Crippen LogP contribution in [0.2, 0.25) is 0 Å². The van der Waals surface area contributed by atoms with Crippen LogP contribution in [0.25, 0.3) is 0 Å². The second-order valence-electron chi connectivity index (χ2n) is 6.21. The quantitative estimate of drug-likeness (QED) is 0.717. The third kappa shape index (κ3) is 4.34. The lowest BCUT2D eigenvalue weighted by Crippen LogP contribution is -2.43. The molecule has 1 aromatic carbocycles. The summed E-state index contributed by atoms with van der Waals surface area (Å²) in [6.07, 6.45) is 1.22. The number of carbonyl (C=O) groups is 1. The first-order valence-electron chi connectivity index (χ1n) is 7.61. The minimum atomic E-state index is 0. The van der Waals surface area contributed by atoms with Gasteiger partial charge in [-0.1, -0.05) is 0 Å². The van der Waals surface area contributed by atoms with Crippen LogP contribution in [0.3, 0.4) is 0 Å². The normalized spacial score (nSPS) is 24.5. The van der Waals surface area contributed by atoms with Crippen molar-refractivity contribution in [2.24, 2.45) is 11.8 Å². The number of piperidine rings is 1. The van der Waals surface area contributed by atoms with Gasteiger partial charge in [0.2, 0.25) is 5.91 Å². The fourth-order valence-corrected chi connectivity index (χ4v) is 4.06. The van der Waals surface area contributed by atoms with Gasteiger partial charge in [-0.25, -0.2) is 0 Å². The molecular formula is C16H23ClIN3O. The highest BCUT2D eigenvalue weighted by molar-refractivity contribution is 14.1. The second-order valence-corrected chi connectivity index (χ2v) is 7.46. The third-order valence-corrected chi connectivity index (χ3v) is 5.29. The van der Waals surface area contributed by atoms with Crippen molar-refractivity contribution in [1.29, 1.82) is 0 Å². The lowest BCUT2D eigenvalue weighted by atomic mass is 9.89. The van der Waals surface area contributed by atoms with Crippen LogP contribution < -0.4 is 10.6 Å². The van der Waals surface area contributed by atoms with Crippen LogP contribution >= 0.6 is 35.0 Å². The van der Waals surface area contributed by atoms with Crippen LogP contribution in [0, 0.1) is 22.3 Å². The van der Waals surface area contributed by atoms with Crippen molar-refractivity contribution in [2.75, 3.05) is 38.0 Å². The van der Waals surface area contributed by atoms with Crippen molar-refractivity contribution in [1.82, 2.24) is 10.2 Å². The van der Waals surface area contributed by atoms with Crippen molar-refractivity contribution in [2.45, 2.75) is 13.3 Å². The molecule has 2 saturated heterocycles. The minimum Gasteiger partial charge on any atom is -0.325 e. The van der Waals surface area contributed by atoms with Gasteiger partial charge in [-0.2, -0.15) is 0 Å². The number of hydrogen-bond acceptors (Lipinski definition) is 3. The first-order chi connectivity index (χ1) is 10.1. The van der Waals surface area contributed by atoms with Crippen molar-refractivity contribution < 1.29 is 4.79 Å². The van der Waals surface area contributed by atoms with Crippen LogP contribution in [0.15, 0.2) is 18.2 Å². The number of halogens is 2. The molecule has 1 amide bonds. The van der Waals surface area contributed by atoms with Crippen molar-refractivity contribution >= 4 is 46.6 Å². The Labute approximate surface area is 152 Å². The van der Waals surface area contributed by atoms with Crippen LogP contribution in [-0.2, 0) is 4.79 Å². The molecule has 2 aliphatic heterocycles. The number of aryl methyl sites for hydroxylation is 1. The Hall–Kier alpha value is -0.370. The number of rotatable bonds is 3. The molecule has 2 heterocycles. The number of nitrogens with one attached hydrogen (secondary N) is 2. The standard InChI is InChI=1S/C16H22IN3O.ClH/c1-11-6-14(17)2-3-15(11)19-16(21)10-20-5-4-12-7-18-8-13(12)9-20;/h2-3,6,12-13,18H,4-5,7-10H2,1H3,(H,19,21);1H. The molecule has 122 valence electrons. The molecule has 6 heteroatoms. The molecular weight excluding hydrogens is 413 g/mol. The van der Waals surface area contributed by atoms with Gasteiger partial charge in [0, 0.05) is 15.8 Å². The molecule has 2 fully saturated rings. The van der Waals surface area contributed by atoms with Gasteiger partial charge in [0.25, 0.3) is 0 Å². The first-order valence-corrected chi connectivity index (χ1v) is 8.69. The van der Waals surface area contributed by atoms with Gasteiger partial charge in [-0.15, -0.1) is 12.4 Å². The number of fused-ring (bicyclic) bond motifs is 1. The average Bonchev–Trinajstić information content (AvgIpc) is 2.89. The van der Waals surface area contributed by atoms with Gasteiger partial charge in [-0.3, -0.25) is 9.69 Å². The van der Waals surface area contributed by atoms with E-state index >= 15 is 0 Å². The van der Waals surface area contributed by atoms with E-state index < -0.39 is 0 Å². The summed E-state index contributed by atoms with van der Waals surface area (Å²) in [7, 11) is 0. The molecule has 3 rings (SSSR count). The highest BCUT2D eigenvalue weighted by atomic mass is 127. The number of anilines is 1. The number of likely N-dealkylation sites (tertiary alicyclic amines) is 1. The van der Waals surface area contributed by atoms with E-state index in [9.17, 15) is 4.79 Å². The number of amides is 1. The molecule has 22 heavy (non-hydrogen) atoms. The zero-order chi connectivity index (χ0) is 14.8. The summed E-state index contributed by atoms with van der Waals surface area (Å²) in [6.45, 7) is 6.91. The molecule has 0 spiro atoms. The van der Waals surface area contributed by atoms with E-state index in [-0.39, 0.29) is 18.3 Å². The van der Waals surface area contributed by atoms with Crippen LogP contribution in [0.5, 0.6) is 0 Å². The zero-order valence-electron chi connectivity index (χ0n) is 12.8. The average molecular weight is 436 g/mol. The van der Waals surface area contributed by atoms with E-state index in [4.69, 9.17) is 0 Å². The number of hydrogen-bond donors (Lipinski definition) is 2. The second kappa shape index (κ2) is 7.95. The summed E-state index contributed by atoms with van der Waals surface area (Å²) in [4.78, 5) is 14.5. The third-order valence-electron chi connectivity index (χ3n) is 4.62. The van der Waals surface area contributed by atoms with E-state index in [1.54, 1.807) is 0 Å². The molecule has 2 aliphatic rings. The Morgan fingerprint density at radius 1 is 1.41 bits per heavy atom. The summed E-state index contributed by atoms with van der Waals surface area (Å²) >= 11 is 2.29. The molecule has 0 radical (unpaired) electrons. The molecule has 1 aromatic rings. The van der Waals surface area contributed by atoms with Gasteiger partial charge in [0.05, 0.1) is 6.54 Å². The highest BCUT2D eigenvalue weighted by Gasteiger charge is 2.33. The van der Waals surface area contributed by atoms with Gasteiger partial charge in [0.15, 0.2) is 0 Å². The molecule has 4 nitrogen and oxygen atoms in total. The van der Waals surface area contributed by atoms with Crippen molar-refractivity contribution in [3.63, 3.8) is 0 Å². The molecule has 0 aliphatic carbocycles. The monoisotopic (exact) mass is 435 g/mol. The van der Waals surface area contributed by atoms with E-state index in [0.717, 1.165) is 49.3 Å². The van der Waals surface area contributed by atoms with E-state index in [2.05, 4.69) is 44.2 Å². The smallest absolute Gasteiger partial charge is 0.238 e. The number of benzene rings is 1. The maximum absolute atomic E-state index is 12.2. The lowest BCUT2D eigenvalue weighted by Gasteiger charge is -2.33. The number of carbonyl (C=O) groups excluding carboxylic acids is 1. The first kappa shape index (κ1) is 18.0. The Morgan fingerprint density at radius 3 is 2.95 bits per heavy atom. The molecule has 2 unspecified atom stereocenters. The van der Waals surface area contributed by atoms with E-state index in [1.165, 1.54) is 9.99 Å². The minimum absolute atomic E-state index is 0. The highest BCUT2D eigenvalue weighted by Crippen LogP contribution is 2.26. The summed E-state index contributed by atoms with van der Waals surface area (Å²) in [5, 5.41) is 6.51. The van der Waals surface area contributed by atoms with Crippen molar-refractivity contribution in [3.8, 4) is 0 Å². The fraction of sp³-hybridized carbons (Fsp3) is 0.562. The van der Waals surface area contributed by atoms with Crippen LogP contribution in [0.1, 0.15) is 12.0 Å². The fourth-order valence-electron chi connectivity index (χ4n) is 3.41. The summed E-state index contributed by atoms with van der Waals surface area (Å²) in [6, 6.07) is 6.10.